The SMILES string of the molecule is CN[C@H](CC(C)C)C(=O)N[C@H]1C(=O)N[C@@H](CC(N)=O)C(=O)N[C@H]2C(=O)N[C@H]3C(=O)N[C@H](C(=O)N[C@@H](C(=O)O)c4cc(O)cc(O)c4-c4cc3ccc4O)[C@H](O)c3ccc(c(Cl)c3)Oc3cc2cc(c3OC2OC(CSc3nnc(N)s3)C(O)C(O)C2OC2CC(C)(NCc3ccc(-c4ccc(Cl)cc4)cc3)C(O)C(C)O2)Oc2ccc(cc2Cl)[C@H]1O. The van der Waals surface area contributed by atoms with Gasteiger partial charge in [-0.2, -0.15) is 0 Å². The molecule has 1 aromatic heterocycles. The van der Waals surface area contributed by atoms with Crippen LogP contribution in [0, 0.1) is 5.92 Å². The number of ether oxygens (including phenoxy) is 6. The topological polar surface area (TPSA) is 548 Å². The molecular formula is C81H85Cl3N12O23S2. The second kappa shape index (κ2) is 36.9. The number of carbonyl (C=O) groups excluding carboxylic acids is 7. The van der Waals surface area contributed by atoms with Crippen LogP contribution in [0.1, 0.15) is 111 Å². The van der Waals surface area contributed by atoms with Crippen molar-refractivity contribution in [3.8, 4) is 68.2 Å². The Morgan fingerprint density at radius 1 is 0.694 bits per heavy atom. The average Bonchev–Trinajstić information content (AvgIpc) is 1.14. The van der Waals surface area contributed by atoms with E-state index < -0.39 is 225 Å². The smallest absolute Gasteiger partial charge is 0.330 e. The predicted molar refractivity (Wildman–Crippen MR) is 437 cm³/mol. The summed E-state index contributed by atoms with van der Waals surface area (Å²) >= 11 is 22.6. The molecule has 35 nitrogen and oxygen atoms in total. The van der Waals surface area contributed by atoms with E-state index in [-0.39, 0.29) is 69.4 Å². The molecule has 21 N–H and O–H groups in total. The quantitative estimate of drug-likeness (QED) is 0.0445. The fourth-order valence-corrected chi connectivity index (χ4v) is 17.1. The molecule has 15 rings (SSSR count). The lowest BCUT2D eigenvalue weighted by Gasteiger charge is -2.48. The predicted octanol–water partition coefficient (Wildman–Crippen LogP) is 5.49. The summed E-state index contributed by atoms with van der Waals surface area (Å²) in [6.07, 6.45) is -18.2. The number of carboxylic acid groups (broad SMARTS) is 1. The van der Waals surface area contributed by atoms with Crippen molar-refractivity contribution >= 4 is 110 Å². The highest BCUT2D eigenvalue weighted by Crippen LogP contribution is 2.50. The molecule has 8 aromatic rings. The van der Waals surface area contributed by atoms with Gasteiger partial charge in [0.05, 0.1) is 40.8 Å². The third-order valence-corrected chi connectivity index (χ3v) is 24.0. The third-order valence-electron chi connectivity index (χ3n) is 21.2. The molecule has 7 amide bonds. The van der Waals surface area contributed by atoms with Gasteiger partial charge in [-0.25, -0.2) is 4.79 Å². The van der Waals surface area contributed by atoms with E-state index in [9.17, 15) is 60.3 Å². The van der Waals surface area contributed by atoms with Crippen LogP contribution in [0.15, 0.2) is 132 Å². The molecule has 11 bridgehead atoms. The molecule has 7 aliphatic rings. The van der Waals surface area contributed by atoms with Gasteiger partial charge in [-0.15, -0.1) is 10.2 Å². The van der Waals surface area contributed by atoms with Crippen molar-refractivity contribution < 1.29 is 113 Å². The standard InChI is InChI=1S/C81H85Cl3N12O23S2/c1-32(2)20-47(87-5)71(106)93-62-64(101)38-13-18-51(45(83)22-38)115-53-24-40-25-54(68(53)119-78-69(67(104)66(103)55(117-78)31-120-80-96-95-79(86)121-80)118-57-29-81(4,70(105)33(3)114-57)88-30-34-6-8-35(9-7-34)36-10-15-41(82)16-11-36)116-52-19-14-39(23-46(52)84)65(102)63-76(111)92-61(77(112)113)44-26-42(97)27-50(99)58(44)43-21-37(12-17-49(43)98)59(73(108)94-63)91-74(109)60(40)90-72(107)48(28-56(85)100)89-75(62)110/h6-19,21-27,32-33,47-48,55,57,59-67,69-70,78,87-88,97-99,101-105H,20,28-31H2,1-5H3,(H2,85,100)(H2,86,95)(H,89,110)(H,90,107)(H,91,109)(H,92,111)(H,93,106)(H,94,108)(H,112,113)/t33?,47-,48+,55?,57?,59-,60-,61-,62-,63+,64-,65-,66?,67?,69?,70?,78?,81?/m1/s1. The number of aromatic nitrogens is 2. The number of phenols is 3. The van der Waals surface area contributed by atoms with E-state index in [0.717, 1.165) is 100 Å². The molecular weight excluding hydrogens is 1680 g/mol. The van der Waals surface area contributed by atoms with E-state index >= 15 is 24.0 Å². The number of thioether (sulfide) groups is 1. The Labute approximate surface area is 713 Å². The van der Waals surface area contributed by atoms with Gasteiger partial charge < -0.3 is 128 Å². The lowest BCUT2D eigenvalue weighted by Crippen LogP contribution is -2.65. The number of benzene rings is 7. The second-order valence-electron chi connectivity index (χ2n) is 30.2. The number of aliphatic hydroxyl groups excluding tert-OH is 5. The Morgan fingerprint density at radius 3 is 1.93 bits per heavy atom. The van der Waals surface area contributed by atoms with Gasteiger partial charge in [0.15, 0.2) is 34.3 Å². The fourth-order valence-electron chi connectivity index (χ4n) is 14.8. The molecule has 2 saturated heterocycles. The number of rotatable bonds is 19. The van der Waals surface area contributed by atoms with Crippen LogP contribution in [0.25, 0.3) is 22.3 Å². The summed E-state index contributed by atoms with van der Waals surface area (Å²) < 4.78 is 40.9. The van der Waals surface area contributed by atoms with Gasteiger partial charge in [0, 0.05) is 52.0 Å². The van der Waals surface area contributed by atoms with Gasteiger partial charge >= 0.3 is 5.97 Å². The summed E-state index contributed by atoms with van der Waals surface area (Å²) in [5.41, 5.74) is 10.4. The number of primary amides is 1. The van der Waals surface area contributed by atoms with Crippen molar-refractivity contribution in [1.29, 1.82) is 0 Å². The summed E-state index contributed by atoms with van der Waals surface area (Å²) in [5.74, 6) is -16.1. The lowest BCUT2D eigenvalue weighted by molar-refractivity contribution is -0.330. The van der Waals surface area contributed by atoms with Crippen molar-refractivity contribution in [2.75, 3.05) is 18.5 Å². The number of nitrogen functional groups attached to an aromatic ring is 1. The number of halogens is 3. The van der Waals surface area contributed by atoms with Crippen molar-refractivity contribution in [2.45, 2.75) is 167 Å². The number of phenolic OH excluding ortho intramolecular Hbond substituents is 3. The number of aliphatic hydroxyl groups is 5. The van der Waals surface area contributed by atoms with E-state index in [1.165, 1.54) is 25.2 Å². The number of aliphatic carboxylic acids is 1. The maximum atomic E-state index is 16.3. The number of nitrogens with zero attached hydrogens (tertiary/aromatic N) is 2. The second-order valence-corrected chi connectivity index (χ2v) is 33.7. The molecule has 2 fully saturated rings. The number of carbonyl (C=O) groups is 8. The zero-order valence-electron chi connectivity index (χ0n) is 64.8. The number of amides is 7. The summed E-state index contributed by atoms with van der Waals surface area (Å²) in [7, 11) is 1.48. The Bertz CT molecular complexity index is 5300. The van der Waals surface area contributed by atoms with Gasteiger partial charge in [0.2, 0.25) is 58.5 Å². The molecule has 121 heavy (non-hydrogen) atoms. The van der Waals surface area contributed by atoms with Crippen LogP contribution in [0.4, 0.5) is 5.13 Å². The molecule has 0 spiro atoms. The molecule has 0 saturated carbocycles. The number of nitrogens with two attached hydrogens (primary N) is 2. The maximum Gasteiger partial charge on any atom is 0.330 e. The zero-order valence-corrected chi connectivity index (χ0v) is 68.7. The highest BCUT2D eigenvalue weighted by atomic mass is 35.5. The van der Waals surface area contributed by atoms with Gasteiger partial charge in [-0.05, 0) is 139 Å². The number of anilines is 1. The Balaban J connectivity index is 0.998. The Kier molecular flexibility index (Phi) is 26.9. The number of nitrogens with one attached hydrogen (secondary N) is 8. The largest absolute Gasteiger partial charge is 0.508 e. The van der Waals surface area contributed by atoms with Gasteiger partial charge in [0.1, 0.15) is 83.4 Å². The monoisotopic (exact) mass is 1760 g/mol. The number of hydrogen-bond donors (Lipinski definition) is 19. The highest BCUT2D eigenvalue weighted by molar-refractivity contribution is 8.01. The van der Waals surface area contributed by atoms with Crippen molar-refractivity contribution in [3.05, 3.63) is 176 Å². The van der Waals surface area contributed by atoms with E-state index in [1.807, 2.05) is 50.2 Å². The molecule has 18 atom stereocenters. The van der Waals surface area contributed by atoms with Gasteiger partial charge in [-0.3, -0.25) is 33.6 Å². The molecule has 40 heteroatoms. The first kappa shape index (κ1) is 88.1. The van der Waals surface area contributed by atoms with Crippen LogP contribution >= 0.6 is 57.9 Å². The molecule has 8 heterocycles. The fraction of sp³-hybridized carbons (Fsp3) is 0.358. The number of hydrogen-bond acceptors (Lipinski definition) is 29. The molecule has 0 radical (unpaired) electrons. The zero-order chi connectivity index (χ0) is 86.9. The minimum atomic E-state index is -2.37. The van der Waals surface area contributed by atoms with E-state index in [2.05, 4.69) is 52.7 Å². The van der Waals surface area contributed by atoms with E-state index in [0.29, 0.717) is 9.36 Å². The summed E-state index contributed by atoms with van der Waals surface area (Å²) in [6.45, 7) is 7.18. The Morgan fingerprint density at radius 2 is 1.31 bits per heavy atom. The van der Waals surface area contributed by atoms with Crippen LogP contribution in [0.2, 0.25) is 15.1 Å². The number of carboxylic acids is 1. The lowest BCUT2D eigenvalue weighted by atomic mass is 9.84. The number of aromatic hydroxyl groups is 3. The summed E-state index contributed by atoms with van der Waals surface area (Å²) in [6, 6.07) is 14.5. The number of likely N-dealkylation sites (N-methyl/N-ethyl adjacent to an activating group) is 1. The van der Waals surface area contributed by atoms with Gasteiger partial charge in [-0.1, -0.05) is 126 Å². The van der Waals surface area contributed by atoms with E-state index in [1.54, 1.807) is 26.0 Å². The van der Waals surface area contributed by atoms with Crippen molar-refractivity contribution in [1.82, 2.24) is 52.7 Å². The van der Waals surface area contributed by atoms with Crippen LogP contribution in [-0.2, 0) is 59.1 Å². The summed E-state index contributed by atoms with van der Waals surface area (Å²) in [5, 5.41) is 136. The molecule has 7 aromatic carbocycles. The first-order valence-corrected chi connectivity index (χ1v) is 40.8. The Hall–Kier alpha value is -10.7. The number of fused-ring (bicyclic) bond motifs is 15. The molecule has 7 aliphatic heterocycles. The van der Waals surface area contributed by atoms with Crippen LogP contribution in [0.5, 0.6) is 46.0 Å². The maximum absolute atomic E-state index is 16.3. The first-order valence-electron chi connectivity index (χ1n) is 37.9. The van der Waals surface area contributed by atoms with Gasteiger partial charge in [0.25, 0.3) is 0 Å². The molecule has 9 unspecified atom stereocenters. The normalized spacial score (nSPS) is 26.5. The summed E-state index contributed by atoms with van der Waals surface area (Å²) in [4.78, 5) is 119. The average molecular weight is 1770 g/mol. The van der Waals surface area contributed by atoms with Crippen LogP contribution in [0.3, 0.4) is 0 Å². The minimum Gasteiger partial charge on any atom is -0.508 e. The molecule has 0 aliphatic carbocycles. The van der Waals surface area contributed by atoms with E-state index in [4.69, 9.17) is 74.7 Å². The third kappa shape index (κ3) is 19.6. The van der Waals surface area contributed by atoms with Crippen LogP contribution in [-0.4, -0.2) is 195 Å². The van der Waals surface area contributed by atoms with Crippen molar-refractivity contribution in [2.24, 2.45) is 11.7 Å². The van der Waals surface area contributed by atoms with Crippen LogP contribution < -0.4 is 68.2 Å². The molecule has 640 valence electrons. The minimum absolute atomic E-state index is 0.0925. The highest BCUT2D eigenvalue weighted by Gasteiger charge is 2.53. The van der Waals surface area contributed by atoms with Crippen molar-refractivity contribution in [3.63, 3.8) is 0 Å². The first-order chi connectivity index (χ1) is 57.5.